The summed E-state index contributed by atoms with van der Waals surface area (Å²) in [4.78, 5) is 11.3. The fourth-order valence-electron chi connectivity index (χ4n) is 1.74. The fraction of sp³-hybridized carbons (Fsp3) is 0.214. The number of hydrogen-bond donors (Lipinski definition) is 1. The van der Waals surface area contributed by atoms with Gasteiger partial charge in [-0.2, -0.15) is 0 Å². The van der Waals surface area contributed by atoms with Crippen molar-refractivity contribution in [3.05, 3.63) is 50.3 Å². The molecule has 1 aromatic heterocycles. The van der Waals surface area contributed by atoms with Gasteiger partial charge in [0.15, 0.2) is 0 Å². The molecule has 0 spiro atoms. The van der Waals surface area contributed by atoms with E-state index in [0.29, 0.717) is 17.9 Å². The Morgan fingerprint density at radius 3 is 2.55 bits per heavy atom. The van der Waals surface area contributed by atoms with Crippen molar-refractivity contribution in [1.82, 2.24) is 0 Å². The molecule has 0 aliphatic heterocycles. The Hall–Kier alpha value is -1.27. The third-order valence-corrected chi connectivity index (χ3v) is 3.95. The Bertz CT molecular complexity index is 614. The van der Waals surface area contributed by atoms with Crippen molar-refractivity contribution >= 4 is 43.5 Å². The maximum Gasteiger partial charge on any atom is 0.341 e. The number of esters is 1. The van der Waals surface area contributed by atoms with Crippen LogP contribution in [0, 0.1) is 6.92 Å². The van der Waals surface area contributed by atoms with Crippen molar-refractivity contribution in [2.24, 2.45) is 0 Å². The van der Waals surface area contributed by atoms with E-state index >= 15 is 0 Å². The first-order valence-electron chi connectivity index (χ1n) is 5.86. The Balaban J connectivity index is 2.09. The molecule has 0 aliphatic carbocycles. The molecule has 6 heteroatoms. The molecule has 106 valence electrons. The SMILES string of the molecule is COC(=O)c1coc(CNc2c(Br)cc(C)cc2Br)c1. The van der Waals surface area contributed by atoms with Crippen molar-refractivity contribution in [1.29, 1.82) is 0 Å². The van der Waals surface area contributed by atoms with Gasteiger partial charge >= 0.3 is 5.97 Å². The summed E-state index contributed by atoms with van der Waals surface area (Å²) in [6.07, 6.45) is 1.39. The number of anilines is 1. The lowest BCUT2D eigenvalue weighted by molar-refractivity contribution is 0.0600. The highest BCUT2D eigenvalue weighted by Gasteiger charge is 2.11. The molecule has 0 amide bonds. The first-order valence-corrected chi connectivity index (χ1v) is 7.45. The highest BCUT2D eigenvalue weighted by Crippen LogP contribution is 2.32. The lowest BCUT2D eigenvalue weighted by Crippen LogP contribution is -2.01. The number of benzene rings is 1. The quantitative estimate of drug-likeness (QED) is 0.764. The number of aryl methyl sites for hydroxylation is 1. The van der Waals surface area contributed by atoms with E-state index in [4.69, 9.17) is 4.42 Å². The van der Waals surface area contributed by atoms with Crippen LogP contribution >= 0.6 is 31.9 Å². The van der Waals surface area contributed by atoms with Crippen LogP contribution in [0.2, 0.25) is 0 Å². The first-order chi connectivity index (χ1) is 9.51. The smallest absolute Gasteiger partial charge is 0.341 e. The van der Waals surface area contributed by atoms with Gasteiger partial charge in [-0.1, -0.05) is 0 Å². The number of furan rings is 1. The van der Waals surface area contributed by atoms with Gasteiger partial charge in [-0.3, -0.25) is 0 Å². The van der Waals surface area contributed by atoms with Gasteiger partial charge in [0.25, 0.3) is 0 Å². The van der Waals surface area contributed by atoms with Crippen LogP contribution in [-0.2, 0) is 11.3 Å². The molecule has 0 fully saturated rings. The standard InChI is InChI=1S/C14H13Br2NO3/c1-8-3-11(15)13(12(16)4-8)17-6-10-5-9(7-20-10)14(18)19-2/h3-5,7,17H,6H2,1-2H3. The second kappa shape index (κ2) is 6.45. The minimum Gasteiger partial charge on any atom is -0.467 e. The zero-order valence-electron chi connectivity index (χ0n) is 11.0. The van der Waals surface area contributed by atoms with Gasteiger partial charge in [0.2, 0.25) is 0 Å². The van der Waals surface area contributed by atoms with Crippen LogP contribution in [0.15, 0.2) is 37.8 Å². The normalized spacial score (nSPS) is 10.4. The van der Waals surface area contributed by atoms with E-state index in [-0.39, 0.29) is 0 Å². The van der Waals surface area contributed by atoms with Crippen molar-refractivity contribution in [2.75, 3.05) is 12.4 Å². The summed E-state index contributed by atoms with van der Waals surface area (Å²) < 4.78 is 11.9. The zero-order valence-corrected chi connectivity index (χ0v) is 14.2. The predicted octanol–water partition coefficient (Wildman–Crippen LogP) is 4.51. The van der Waals surface area contributed by atoms with Crippen LogP contribution in [0.25, 0.3) is 0 Å². The average Bonchev–Trinajstić information content (AvgIpc) is 2.85. The van der Waals surface area contributed by atoms with Gasteiger partial charge in [-0.05, 0) is 62.5 Å². The van der Waals surface area contributed by atoms with Crippen molar-refractivity contribution < 1.29 is 13.9 Å². The predicted molar refractivity (Wildman–Crippen MR) is 84.0 cm³/mol. The molecule has 0 bridgehead atoms. The topological polar surface area (TPSA) is 51.5 Å². The maximum atomic E-state index is 11.3. The minimum absolute atomic E-state index is 0.405. The summed E-state index contributed by atoms with van der Waals surface area (Å²) in [6, 6.07) is 5.71. The molecular formula is C14H13Br2NO3. The number of halogens is 2. The van der Waals surface area contributed by atoms with E-state index in [9.17, 15) is 4.79 Å². The third-order valence-electron chi connectivity index (χ3n) is 2.70. The first kappa shape index (κ1) is 15.1. The van der Waals surface area contributed by atoms with Gasteiger partial charge in [-0.25, -0.2) is 4.79 Å². The summed E-state index contributed by atoms with van der Waals surface area (Å²) in [7, 11) is 1.34. The molecular weight excluding hydrogens is 390 g/mol. The molecule has 0 unspecified atom stereocenters. The number of carbonyl (C=O) groups excluding carboxylic acids is 1. The average molecular weight is 403 g/mol. The summed E-state index contributed by atoms with van der Waals surface area (Å²) in [6.45, 7) is 2.49. The molecule has 1 N–H and O–H groups in total. The van der Waals surface area contributed by atoms with Gasteiger partial charge in [0.1, 0.15) is 12.0 Å². The van der Waals surface area contributed by atoms with Gasteiger partial charge in [0.05, 0.1) is 24.9 Å². The molecule has 0 atom stereocenters. The Morgan fingerprint density at radius 2 is 1.95 bits per heavy atom. The van der Waals surface area contributed by atoms with Crippen molar-refractivity contribution in [3.63, 3.8) is 0 Å². The lowest BCUT2D eigenvalue weighted by atomic mass is 10.2. The van der Waals surface area contributed by atoms with Crippen molar-refractivity contribution in [2.45, 2.75) is 13.5 Å². The van der Waals surface area contributed by atoms with Gasteiger partial charge in [-0.15, -0.1) is 0 Å². The van der Waals surface area contributed by atoms with E-state index < -0.39 is 5.97 Å². The molecule has 0 aliphatic rings. The van der Waals surface area contributed by atoms with Crippen LogP contribution in [0.5, 0.6) is 0 Å². The van der Waals surface area contributed by atoms with Gasteiger partial charge in [0, 0.05) is 8.95 Å². The highest BCUT2D eigenvalue weighted by atomic mass is 79.9. The Morgan fingerprint density at radius 1 is 1.30 bits per heavy atom. The molecule has 0 saturated heterocycles. The monoisotopic (exact) mass is 401 g/mol. The highest BCUT2D eigenvalue weighted by molar-refractivity contribution is 9.11. The molecule has 2 rings (SSSR count). The zero-order chi connectivity index (χ0) is 14.7. The van der Waals surface area contributed by atoms with E-state index in [2.05, 4.69) is 41.9 Å². The number of carbonyl (C=O) groups is 1. The van der Waals surface area contributed by atoms with E-state index in [1.54, 1.807) is 6.07 Å². The van der Waals surface area contributed by atoms with Crippen LogP contribution < -0.4 is 5.32 Å². The second-order valence-electron chi connectivity index (χ2n) is 4.25. The number of ether oxygens (including phenoxy) is 1. The Kier molecular flexibility index (Phi) is 4.88. The number of rotatable bonds is 4. The summed E-state index contributed by atoms with van der Waals surface area (Å²) in [5.74, 6) is 0.252. The molecule has 2 aromatic rings. The molecule has 0 saturated carbocycles. The van der Waals surface area contributed by atoms with Crippen LogP contribution in [0.3, 0.4) is 0 Å². The summed E-state index contributed by atoms with van der Waals surface area (Å²) in [5, 5.41) is 3.26. The molecule has 1 aromatic carbocycles. The third kappa shape index (κ3) is 3.43. The molecule has 20 heavy (non-hydrogen) atoms. The van der Waals surface area contributed by atoms with Gasteiger partial charge < -0.3 is 14.5 Å². The van der Waals surface area contributed by atoms with Crippen LogP contribution in [0.4, 0.5) is 5.69 Å². The largest absolute Gasteiger partial charge is 0.467 e. The minimum atomic E-state index is -0.405. The number of nitrogens with one attached hydrogen (secondary N) is 1. The molecule has 4 nitrogen and oxygen atoms in total. The summed E-state index contributed by atoms with van der Waals surface area (Å²) >= 11 is 7.03. The molecule has 0 radical (unpaired) electrons. The van der Waals surface area contributed by atoms with E-state index in [0.717, 1.165) is 20.2 Å². The van der Waals surface area contributed by atoms with Crippen LogP contribution in [-0.4, -0.2) is 13.1 Å². The summed E-state index contributed by atoms with van der Waals surface area (Å²) in [5.41, 5.74) is 2.50. The van der Waals surface area contributed by atoms with E-state index in [1.165, 1.54) is 13.4 Å². The maximum absolute atomic E-state index is 11.3. The number of hydrogen-bond acceptors (Lipinski definition) is 4. The lowest BCUT2D eigenvalue weighted by Gasteiger charge is -2.10. The van der Waals surface area contributed by atoms with E-state index in [1.807, 2.05) is 19.1 Å². The Labute approximate surface area is 133 Å². The second-order valence-corrected chi connectivity index (χ2v) is 5.96. The van der Waals surface area contributed by atoms with Crippen molar-refractivity contribution in [3.8, 4) is 0 Å². The van der Waals surface area contributed by atoms with Crippen LogP contribution in [0.1, 0.15) is 21.7 Å². The number of methoxy groups -OCH3 is 1. The molecule has 1 heterocycles. The fourth-order valence-corrected chi connectivity index (χ4v) is 3.44.